The fourth-order valence-corrected chi connectivity index (χ4v) is 3.66. The number of aliphatic carboxylic acids is 1. The molecule has 1 unspecified atom stereocenters. The summed E-state index contributed by atoms with van der Waals surface area (Å²) in [5.41, 5.74) is -1.17. The zero-order valence-corrected chi connectivity index (χ0v) is 14.0. The number of carboxylic acid groups (broad SMARTS) is 1. The van der Waals surface area contributed by atoms with E-state index in [-0.39, 0.29) is 17.0 Å². The third-order valence-electron chi connectivity index (χ3n) is 4.10. The Balaban J connectivity index is 2.34. The Morgan fingerprint density at radius 3 is 2.79 bits per heavy atom. The zero-order chi connectivity index (χ0) is 18.0. The predicted molar refractivity (Wildman–Crippen MR) is 86.8 cm³/mol. The van der Waals surface area contributed by atoms with Crippen LogP contribution in [-0.2, 0) is 14.8 Å². The molecule has 1 atom stereocenters. The summed E-state index contributed by atoms with van der Waals surface area (Å²) in [5, 5.41) is 9.40. The average Bonchev–Trinajstić information content (AvgIpc) is 2.95. The molecule has 24 heavy (non-hydrogen) atoms. The maximum Gasteiger partial charge on any atom is 0.329 e. The SMILES string of the molecule is C#CCNS(=O)(=O)c1cccc(C(=O)N2CCCC2(C)C(=O)O)c1. The van der Waals surface area contributed by atoms with Crippen molar-refractivity contribution >= 4 is 21.9 Å². The van der Waals surface area contributed by atoms with Crippen LogP contribution in [0.25, 0.3) is 0 Å². The lowest BCUT2D eigenvalue weighted by molar-refractivity contribution is -0.147. The topological polar surface area (TPSA) is 104 Å². The number of nitrogens with one attached hydrogen (secondary N) is 1. The molecule has 1 aliphatic heterocycles. The van der Waals surface area contributed by atoms with Gasteiger partial charge < -0.3 is 10.0 Å². The third-order valence-corrected chi connectivity index (χ3v) is 5.50. The first-order valence-corrected chi connectivity index (χ1v) is 8.79. The number of hydrogen-bond donors (Lipinski definition) is 2. The number of rotatable bonds is 5. The fraction of sp³-hybridized carbons (Fsp3) is 0.375. The van der Waals surface area contributed by atoms with Gasteiger partial charge in [-0.3, -0.25) is 4.79 Å². The Morgan fingerprint density at radius 2 is 2.17 bits per heavy atom. The van der Waals surface area contributed by atoms with E-state index in [1.807, 2.05) is 0 Å². The summed E-state index contributed by atoms with van der Waals surface area (Å²) in [5.74, 6) is 0.584. The minimum absolute atomic E-state index is 0.0974. The van der Waals surface area contributed by atoms with Gasteiger partial charge in [0, 0.05) is 12.1 Å². The maximum absolute atomic E-state index is 12.7. The van der Waals surface area contributed by atoms with Gasteiger partial charge in [0.1, 0.15) is 5.54 Å². The van der Waals surface area contributed by atoms with Crippen molar-refractivity contribution in [2.24, 2.45) is 0 Å². The number of hydrogen-bond acceptors (Lipinski definition) is 4. The molecule has 1 fully saturated rings. The molecular weight excluding hydrogens is 332 g/mol. The van der Waals surface area contributed by atoms with E-state index >= 15 is 0 Å². The highest BCUT2D eigenvalue weighted by molar-refractivity contribution is 7.89. The zero-order valence-electron chi connectivity index (χ0n) is 13.2. The molecule has 2 N–H and O–H groups in total. The quantitative estimate of drug-likeness (QED) is 0.760. The molecule has 128 valence electrons. The van der Waals surface area contributed by atoms with Gasteiger partial charge in [-0.2, -0.15) is 4.72 Å². The molecule has 0 saturated carbocycles. The summed E-state index contributed by atoms with van der Waals surface area (Å²) in [6.07, 6.45) is 5.98. The van der Waals surface area contributed by atoms with Crippen molar-refractivity contribution in [3.05, 3.63) is 29.8 Å². The highest BCUT2D eigenvalue weighted by atomic mass is 32.2. The molecule has 0 radical (unpaired) electrons. The van der Waals surface area contributed by atoms with E-state index in [4.69, 9.17) is 6.42 Å². The van der Waals surface area contributed by atoms with Gasteiger partial charge in [-0.15, -0.1) is 6.42 Å². The first-order chi connectivity index (χ1) is 11.2. The number of terminal acetylenes is 1. The number of sulfonamides is 1. The van der Waals surface area contributed by atoms with Crippen LogP contribution >= 0.6 is 0 Å². The summed E-state index contributed by atoms with van der Waals surface area (Å²) in [4.78, 5) is 25.3. The molecule has 7 nitrogen and oxygen atoms in total. The van der Waals surface area contributed by atoms with E-state index in [9.17, 15) is 23.1 Å². The molecule has 0 aromatic heterocycles. The van der Waals surface area contributed by atoms with Crippen molar-refractivity contribution in [2.45, 2.75) is 30.2 Å². The minimum Gasteiger partial charge on any atom is -0.480 e. The van der Waals surface area contributed by atoms with E-state index in [0.29, 0.717) is 19.4 Å². The Hall–Kier alpha value is -2.37. The lowest BCUT2D eigenvalue weighted by Crippen LogP contribution is -2.50. The number of likely N-dealkylation sites (tertiary alicyclic amines) is 1. The summed E-state index contributed by atoms with van der Waals surface area (Å²) in [6, 6.07) is 5.47. The van der Waals surface area contributed by atoms with E-state index < -0.39 is 27.4 Å². The fourth-order valence-electron chi connectivity index (χ4n) is 2.68. The van der Waals surface area contributed by atoms with Gasteiger partial charge in [0.15, 0.2) is 0 Å². The molecule has 1 aliphatic rings. The first-order valence-electron chi connectivity index (χ1n) is 7.31. The van der Waals surface area contributed by atoms with Gasteiger partial charge >= 0.3 is 5.97 Å². The van der Waals surface area contributed by atoms with E-state index in [1.54, 1.807) is 0 Å². The first kappa shape index (κ1) is 18.0. The van der Waals surface area contributed by atoms with Gasteiger partial charge in [-0.05, 0) is 38.0 Å². The van der Waals surface area contributed by atoms with E-state index in [2.05, 4.69) is 10.6 Å². The lowest BCUT2D eigenvalue weighted by Gasteiger charge is -2.31. The summed E-state index contributed by atoms with van der Waals surface area (Å²) < 4.78 is 26.4. The molecule has 0 spiro atoms. The second-order valence-corrected chi connectivity index (χ2v) is 7.46. The normalized spacial score (nSPS) is 20.6. The number of nitrogens with zero attached hydrogens (tertiary/aromatic N) is 1. The molecule has 1 aromatic carbocycles. The van der Waals surface area contributed by atoms with Crippen molar-refractivity contribution in [1.29, 1.82) is 0 Å². The molecule has 8 heteroatoms. The van der Waals surface area contributed by atoms with Crippen molar-refractivity contribution in [2.75, 3.05) is 13.1 Å². The van der Waals surface area contributed by atoms with Crippen LogP contribution in [0.15, 0.2) is 29.2 Å². The Labute approximate surface area is 140 Å². The van der Waals surface area contributed by atoms with Gasteiger partial charge in [0.25, 0.3) is 5.91 Å². The number of amides is 1. The van der Waals surface area contributed by atoms with Crippen molar-refractivity contribution in [3.8, 4) is 12.3 Å². The third kappa shape index (κ3) is 3.27. The molecule has 0 bridgehead atoms. The molecular formula is C16H18N2O5S. The van der Waals surface area contributed by atoms with Crippen LogP contribution in [0.5, 0.6) is 0 Å². The van der Waals surface area contributed by atoms with Gasteiger partial charge in [-0.1, -0.05) is 12.0 Å². The highest BCUT2D eigenvalue weighted by Crippen LogP contribution is 2.31. The van der Waals surface area contributed by atoms with Gasteiger partial charge in [-0.25, -0.2) is 13.2 Å². The lowest BCUT2D eigenvalue weighted by atomic mass is 9.98. The molecule has 1 saturated heterocycles. The van der Waals surface area contributed by atoms with E-state index in [0.717, 1.165) is 0 Å². The number of carbonyl (C=O) groups excluding carboxylic acids is 1. The van der Waals surface area contributed by atoms with Crippen LogP contribution in [0.1, 0.15) is 30.1 Å². The van der Waals surface area contributed by atoms with Gasteiger partial charge in [0.2, 0.25) is 10.0 Å². The molecule has 1 aromatic rings. The molecule has 1 amide bonds. The van der Waals surface area contributed by atoms with Crippen LogP contribution < -0.4 is 4.72 Å². The second kappa shape index (κ2) is 6.63. The summed E-state index contributed by atoms with van der Waals surface area (Å²) in [6.45, 7) is 1.65. The second-order valence-electron chi connectivity index (χ2n) is 5.70. The van der Waals surface area contributed by atoms with Gasteiger partial charge in [0.05, 0.1) is 11.4 Å². The van der Waals surface area contributed by atoms with Crippen LogP contribution in [0.3, 0.4) is 0 Å². The summed E-state index contributed by atoms with van der Waals surface area (Å²) >= 11 is 0. The minimum atomic E-state index is -3.83. The Bertz CT molecular complexity index is 812. The highest BCUT2D eigenvalue weighted by Gasteiger charge is 2.46. The van der Waals surface area contributed by atoms with E-state index in [1.165, 1.54) is 36.1 Å². The van der Waals surface area contributed by atoms with Crippen LogP contribution in [0.4, 0.5) is 0 Å². The molecule has 1 heterocycles. The maximum atomic E-state index is 12.7. The van der Waals surface area contributed by atoms with Crippen LogP contribution in [0, 0.1) is 12.3 Å². The standard InChI is InChI=1S/C16H18N2O5S/c1-3-9-17-24(22,23)13-7-4-6-12(11-13)14(19)18-10-5-8-16(18,2)15(20)21/h1,4,6-7,11,17H,5,8-10H2,2H3,(H,20,21). The van der Waals surface area contributed by atoms with Crippen LogP contribution in [-0.4, -0.2) is 48.9 Å². The summed E-state index contributed by atoms with van der Waals surface area (Å²) in [7, 11) is -3.83. The average molecular weight is 350 g/mol. The number of carboxylic acids is 1. The van der Waals surface area contributed by atoms with Crippen LogP contribution in [0.2, 0.25) is 0 Å². The van der Waals surface area contributed by atoms with Crippen molar-refractivity contribution in [3.63, 3.8) is 0 Å². The molecule has 2 rings (SSSR count). The Morgan fingerprint density at radius 1 is 1.46 bits per heavy atom. The number of carbonyl (C=O) groups is 2. The Kier molecular flexibility index (Phi) is 4.96. The van der Waals surface area contributed by atoms with Crippen molar-refractivity contribution < 1.29 is 23.1 Å². The molecule has 0 aliphatic carbocycles. The predicted octanol–water partition coefficient (Wildman–Crippen LogP) is 0.677. The number of benzene rings is 1. The smallest absolute Gasteiger partial charge is 0.329 e. The van der Waals surface area contributed by atoms with Crippen molar-refractivity contribution in [1.82, 2.24) is 9.62 Å². The monoisotopic (exact) mass is 350 g/mol. The largest absolute Gasteiger partial charge is 0.480 e.